The van der Waals surface area contributed by atoms with E-state index < -0.39 is 0 Å². The summed E-state index contributed by atoms with van der Waals surface area (Å²) in [4.78, 5) is 26.9. The molecule has 0 bridgehead atoms. The van der Waals surface area contributed by atoms with Crippen molar-refractivity contribution in [2.24, 2.45) is 0 Å². The molecule has 0 aliphatic carbocycles. The summed E-state index contributed by atoms with van der Waals surface area (Å²) in [6, 6.07) is 22.3. The fraction of sp³-hybridized carbons (Fsp3) is 0.130. The average Bonchev–Trinajstić information content (AvgIpc) is 3.10. The maximum absolute atomic E-state index is 12.6. The van der Waals surface area contributed by atoms with Crippen molar-refractivity contribution in [3.05, 3.63) is 94.5 Å². The van der Waals surface area contributed by atoms with Gasteiger partial charge >= 0.3 is 0 Å². The van der Waals surface area contributed by atoms with Crippen LogP contribution >= 0.6 is 23.4 Å². The van der Waals surface area contributed by atoms with Crippen LogP contribution in [-0.4, -0.2) is 17.6 Å². The fourth-order valence-electron chi connectivity index (χ4n) is 3.30. The van der Waals surface area contributed by atoms with Crippen LogP contribution in [0.5, 0.6) is 0 Å². The third kappa shape index (κ3) is 4.31. The molecule has 0 spiro atoms. The predicted molar refractivity (Wildman–Crippen MR) is 120 cm³/mol. The Morgan fingerprint density at radius 1 is 1.07 bits per heavy atom. The molecule has 1 aliphatic rings. The first-order valence-electron chi connectivity index (χ1n) is 9.18. The summed E-state index contributed by atoms with van der Waals surface area (Å²) in [5.74, 6) is 0.311. The molecule has 1 heterocycles. The van der Waals surface area contributed by atoms with E-state index in [0.29, 0.717) is 22.0 Å². The molecular weight excluding hydrogens is 404 g/mol. The molecule has 4 nitrogen and oxygen atoms in total. The SMILES string of the molecule is Cc1cccc(N2C(=O)CS[C@H]2c2cccc(NC(=O)c3ccc(Cl)cc3)c2)c1. The lowest BCUT2D eigenvalue weighted by Gasteiger charge is -2.25. The van der Waals surface area contributed by atoms with Gasteiger partial charge in [-0.1, -0.05) is 35.9 Å². The molecule has 146 valence electrons. The molecular formula is C23H19ClN2O2S. The third-order valence-corrected chi connectivity index (χ3v) is 6.15. The summed E-state index contributed by atoms with van der Waals surface area (Å²) >= 11 is 7.48. The lowest BCUT2D eigenvalue weighted by Crippen LogP contribution is -2.27. The number of halogens is 1. The summed E-state index contributed by atoms with van der Waals surface area (Å²) in [5.41, 5.74) is 4.19. The Kier molecular flexibility index (Phi) is 5.60. The van der Waals surface area contributed by atoms with E-state index in [1.54, 1.807) is 36.0 Å². The normalized spacial score (nSPS) is 16.1. The molecule has 29 heavy (non-hydrogen) atoms. The number of nitrogens with one attached hydrogen (secondary N) is 1. The number of carbonyl (C=O) groups excluding carboxylic acids is 2. The molecule has 1 atom stereocenters. The second-order valence-electron chi connectivity index (χ2n) is 6.85. The van der Waals surface area contributed by atoms with Crippen molar-refractivity contribution >= 4 is 46.6 Å². The number of thioether (sulfide) groups is 1. The standard InChI is InChI=1S/C23H19ClN2O2S/c1-15-4-2-7-20(12-15)26-21(27)14-29-23(26)17-5-3-6-19(13-17)25-22(28)16-8-10-18(24)11-9-16/h2-13,23H,14H2,1H3,(H,25,28)/t23-/m0/s1. The maximum atomic E-state index is 12.6. The molecule has 1 N–H and O–H groups in total. The molecule has 1 fully saturated rings. The van der Waals surface area contributed by atoms with Gasteiger partial charge in [0, 0.05) is 22.0 Å². The van der Waals surface area contributed by atoms with Crippen molar-refractivity contribution in [3.63, 3.8) is 0 Å². The lowest BCUT2D eigenvalue weighted by atomic mass is 10.1. The highest BCUT2D eigenvalue weighted by atomic mass is 35.5. The van der Waals surface area contributed by atoms with Crippen LogP contribution in [0.2, 0.25) is 5.02 Å². The van der Waals surface area contributed by atoms with Crippen LogP contribution in [0.25, 0.3) is 0 Å². The van der Waals surface area contributed by atoms with Gasteiger partial charge in [-0.25, -0.2) is 0 Å². The van der Waals surface area contributed by atoms with E-state index in [-0.39, 0.29) is 17.2 Å². The monoisotopic (exact) mass is 422 g/mol. The van der Waals surface area contributed by atoms with Gasteiger partial charge in [0.2, 0.25) is 5.91 Å². The molecule has 0 saturated carbocycles. The second-order valence-corrected chi connectivity index (χ2v) is 8.36. The summed E-state index contributed by atoms with van der Waals surface area (Å²) < 4.78 is 0. The average molecular weight is 423 g/mol. The minimum absolute atomic E-state index is 0.0844. The Morgan fingerprint density at radius 2 is 1.83 bits per heavy atom. The van der Waals surface area contributed by atoms with Crippen LogP contribution in [0, 0.1) is 6.92 Å². The van der Waals surface area contributed by atoms with Crippen molar-refractivity contribution < 1.29 is 9.59 Å². The third-order valence-electron chi connectivity index (χ3n) is 4.68. The van der Waals surface area contributed by atoms with E-state index in [2.05, 4.69) is 5.32 Å². The highest BCUT2D eigenvalue weighted by Crippen LogP contribution is 2.42. The van der Waals surface area contributed by atoms with Crippen molar-refractivity contribution in [1.29, 1.82) is 0 Å². The van der Waals surface area contributed by atoms with Gasteiger partial charge in [-0.05, 0) is 66.6 Å². The molecule has 3 aromatic carbocycles. The van der Waals surface area contributed by atoms with Crippen molar-refractivity contribution in [1.82, 2.24) is 0 Å². The van der Waals surface area contributed by atoms with Gasteiger partial charge in [-0.15, -0.1) is 11.8 Å². The number of hydrogen-bond donors (Lipinski definition) is 1. The zero-order valence-electron chi connectivity index (χ0n) is 15.8. The Morgan fingerprint density at radius 3 is 2.59 bits per heavy atom. The van der Waals surface area contributed by atoms with Gasteiger partial charge in [0.25, 0.3) is 5.91 Å². The largest absolute Gasteiger partial charge is 0.322 e. The topological polar surface area (TPSA) is 49.4 Å². The van der Waals surface area contributed by atoms with Crippen LogP contribution < -0.4 is 10.2 Å². The van der Waals surface area contributed by atoms with E-state index in [1.165, 1.54) is 0 Å². The highest BCUT2D eigenvalue weighted by molar-refractivity contribution is 8.00. The first kappa shape index (κ1) is 19.6. The Labute approximate surface area is 178 Å². The van der Waals surface area contributed by atoms with E-state index >= 15 is 0 Å². The van der Waals surface area contributed by atoms with Gasteiger partial charge in [0.05, 0.1) is 5.75 Å². The first-order valence-corrected chi connectivity index (χ1v) is 10.6. The number of benzene rings is 3. The summed E-state index contributed by atoms with van der Waals surface area (Å²) in [6.45, 7) is 2.01. The minimum atomic E-state index is -0.204. The number of hydrogen-bond acceptors (Lipinski definition) is 3. The second kappa shape index (κ2) is 8.31. The smallest absolute Gasteiger partial charge is 0.255 e. The van der Waals surface area contributed by atoms with Crippen molar-refractivity contribution in [3.8, 4) is 0 Å². The van der Waals surface area contributed by atoms with Crippen LogP contribution in [0.1, 0.15) is 26.9 Å². The van der Waals surface area contributed by atoms with E-state index in [9.17, 15) is 9.59 Å². The van der Waals surface area contributed by atoms with E-state index in [0.717, 1.165) is 16.8 Å². The fourth-order valence-corrected chi connectivity index (χ4v) is 4.60. The van der Waals surface area contributed by atoms with Crippen LogP contribution in [0.4, 0.5) is 11.4 Å². The van der Waals surface area contributed by atoms with Gasteiger partial charge in [0.1, 0.15) is 5.37 Å². The Bertz CT molecular complexity index is 1070. The predicted octanol–water partition coefficient (Wildman–Crippen LogP) is 5.68. The van der Waals surface area contributed by atoms with Crippen LogP contribution in [0.15, 0.2) is 72.8 Å². The number of carbonyl (C=O) groups is 2. The van der Waals surface area contributed by atoms with Gasteiger partial charge in [-0.3, -0.25) is 14.5 Å². The number of rotatable bonds is 4. The van der Waals surface area contributed by atoms with E-state index in [4.69, 9.17) is 11.6 Å². The first-order chi connectivity index (χ1) is 14.0. The van der Waals surface area contributed by atoms with Gasteiger partial charge in [-0.2, -0.15) is 0 Å². The number of aryl methyl sites for hydroxylation is 1. The molecule has 1 aliphatic heterocycles. The number of nitrogens with zero attached hydrogens (tertiary/aromatic N) is 1. The van der Waals surface area contributed by atoms with Gasteiger partial charge < -0.3 is 5.32 Å². The van der Waals surface area contributed by atoms with Crippen LogP contribution in [0.3, 0.4) is 0 Å². The van der Waals surface area contributed by atoms with Gasteiger partial charge in [0.15, 0.2) is 0 Å². The summed E-state index contributed by atoms with van der Waals surface area (Å²) in [5, 5.41) is 3.38. The maximum Gasteiger partial charge on any atom is 0.255 e. The minimum Gasteiger partial charge on any atom is -0.322 e. The van der Waals surface area contributed by atoms with E-state index in [1.807, 2.05) is 60.4 Å². The zero-order chi connectivity index (χ0) is 20.4. The Hall–Kier alpha value is -2.76. The molecule has 0 unspecified atom stereocenters. The van der Waals surface area contributed by atoms with Crippen LogP contribution in [-0.2, 0) is 4.79 Å². The molecule has 0 aromatic heterocycles. The molecule has 4 rings (SSSR count). The quantitative estimate of drug-likeness (QED) is 0.588. The van der Waals surface area contributed by atoms with Crippen molar-refractivity contribution in [2.75, 3.05) is 16.0 Å². The molecule has 6 heteroatoms. The molecule has 1 saturated heterocycles. The molecule has 0 radical (unpaired) electrons. The Balaban J connectivity index is 1.58. The zero-order valence-corrected chi connectivity index (χ0v) is 17.3. The summed E-state index contributed by atoms with van der Waals surface area (Å²) in [6.07, 6.45) is 0. The number of anilines is 2. The molecule has 3 aromatic rings. The molecule has 2 amide bonds. The number of amides is 2. The lowest BCUT2D eigenvalue weighted by molar-refractivity contribution is -0.115. The highest BCUT2D eigenvalue weighted by Gasteiger charge is 2.34. The summed E-state index contributed by atoms with van der Waals surface area (Å²) in [7, 11) is 0. The van der Waals surface area contributed by atoms with Crippen molar-refractivity contribution in [2.45, 2.75) is 12.3 Å².